The molecule has 1 fully saturated rings. The lowest BCUT2D eigenvalue weighted by Gasteiger charge is -2.36. The SMILES string of the molecule is NC1=C2C(=O)Oc3ccccc3[C@H]2[C@@H]2C(=O)N(c3ccccc3)C(=O)[C@H]2S1. The first-order chi connectivity index (χ1) is 13.1. The third-order valence-corrected chi connectivity index (χ3v) is 6.40. The van der Waals surface area contributed by atoms with E-state index in [2.05, 4.69) is 0 Å². The van der Waals surface area contributed by atoms with Crippen LogP contribution in [0.4, 0.5) is 5.69 Å². The largest absolute Gasteiger partial charge is 0.423 e. The minimum absolute atomic E-state index is 0.247. The van der Waals surface area contributed by atoms with Crippen LogP contribution in [0.3, 0.4) is 0 Å². The number of para-hydroxylation sites is 2. The van der Waals surface area contributed by atoms with Crippen LogP contribution >= 0.6 is 11.8 Å². The molecule has 134 valence electrons. The average molecular weight is 378 g/mol. The first-order valence-corrected chi connectivity index (χ1v) is 9.36. The van der Waals surface area contributed by atoms with E-state index < -0.39 is 23.1 Å². The van der Waals surface area contributed by atoms with Gasteiger partial charge >= 0.3 is 5.97 Å². The number of hydrogen-bond donors (Lipinski definition) is 1. The Balaban J connectivity index is 1.68. The topological polar surface area (TPSA) is 89.7 Å². The second kappa shape index (κ2) is 5.72. The van der Waals surface area contributed by atoms with Crippen molar-refractivity contribution >= 4 is 35.2 Å². The highest BCUT2D eigenvalue weighted by atomic mass is 32.2. The van der Waals surface area contributed by atoms with E-state index in [1.807, 2.05) is 18.2 Å². The highest BCUT2D eigenvalue weighted by Gasteiger charge is 2.58. The van der Waals surface area contributed by atoms with Gasteiger partial charge in [-0.2, -0.15) is 0 Å². The summed E-state index contributed by atoms with van der Waals surface area (Å²) in [5.74, 6) is -2.05. The number of amides is 2. The molecule has 2 N–H and O–H groups in total. The van der Waals surface area contributed by atoms with Crippen LogP contribution in [-0.4, -0.2) is 23.0 Å². The van der Waals surface area contributed by atoms with Crippen LogP contribution in [0.2, 0.25) is 0 Å². The van der Waals surface area contributed by atoms with Crippen LogP contribution in [0.25, 0.3) is 0 Å². The van der Waals surface area contributed by atoms with Crippen molar-refractivity contribution in [1.82, 2.24) is 0 Å². The maximum absolute atomic E-state index is 13.3. The van der Waals surface area contributed by atoms with E-state index >= 15 is 0 Å². The molecule has 3 aliphatic heterocycles. The van der Waals surface area contributed by atoms with Crippen molar-refractivity contribution in [3.8, 4) is 5.75 Å². The summed E-state index contributed by atoms with van der Waals surface area (Å²) in [6.45, 7) is 0. The number of benzene rings is 2. The molecule has 0 aromatic heterocycles. The van der Waals surface area contributed by atoms with Crippen molar-refractivity contribution < 1.29 is 19.1 Å². The molecule has 0 saturated carbocycles. The van der Waals surface area contributed by atoms with E-state index in [9.17, 15) is 14.4 Å². The number of anilines is 1. The monoisotopic (exact) mass is 378 g/mol. The summed E-state index contributed by atoms with van der Waals surface area (Å²) in [4.78, 5) is 40.1. The Bertz CT molecular complexity index is 1030. The maximum atomic E-state index is 13.3. The van der Waals surface area contributed by atoms with Crippen LogP contribution in [0, 0.1) is 5.92 Å². The van der Waals surface area contributed by atoms with E-state index in [1.54, 1.807) is 36.4 Å². The van der Waals surface area contributed by atoms with Crippen molar-refractivity contribution in [3.05, 3.63) is 70.8 Å². The van der Waals surface area contributed by atoms with E-state index in [4.69, 9.17) is 10.5 Å². The Morgan fingerprint density at radius 2 is 1.63 bits per heavy atom. The average Bonchev–Trinajstić information content (AvgIpc) is 2.92. The number of hydrogen-bond acceptors (Lipinski definition) is 6. The van der Waals surface area contributed by atoms with Gasteiger partial charge < -0.3 is 10.5 Å². The molecule has 7 heteroatoms. The van der Waals surface area contributed by atoms with Crippen molar-refractivity contribution in [2.75, 3.05) is 4.90 Å². The number of imide groups is 1. The zero-order valence-electron chi connectivity index (χ0n) is 14.0. The molecule has 0 unspecified atom stereocenters. The fraction of sp³-hybridized carbons (Fsp3) is 0.150. The molecule has 3 aliphatic rings. The number of thioether (sulfide) groups is 1. The molecule has 0 bridgehead atoms. The molecule has 1 saturated heterocycles. The quantitative estimate of drug-likeness (QED) is 0.465. The fourth-order valence-corrected chi connectivity index (χ4v) is 5.27. The Labute approximate surface area is 159 Å². The smallest absolute Gasteiger partial charge is 0.342 e. The van der Waals surface area contributed by atoms with Crippen LogP contribution in [0.15, 0.2) is 65.2 Å². The third-order valence-electron chi connectivity index (χ3n) is 5.18. The van der Waals surface area contributed by atoms with Gasteiger partial charge in [0.25, 0.3) is 0 Å². The summed E-state index contributed by atoms with van der Waals surface area (Å²) < 4.78 is 5.39. The summed E-state index contributed by atoms with van der Waals surface area (Å²) in [7, 11) is 0. The molecule has 3 heterocycles. The Morgan fingerprint density at radius 3 is 2.41 bits per heavy atom. The molecular weight excluding hydrogens is 364 g/mol. The maximum Gasteiger partial charge on any atom is 0.342 e. The molecule has 2 aromatic rings. The normalized spacial score (nSPS) is 26.4. The standard InChI is InChI=1S/C20H14N2O4S/c21-17-15-13(11-8-4-5-9-12(11)26-20(15)25)14-16(27-17)19(24)22(18(14)23)10-6-2-1-3-7-10/h1-9,13-14,16H,21H2/t13-,14-,16-/m0/s1. The van der Waals surface area contributed by atoms with Gasteiger partial charge in [-0.05, 0) is 18.2 Å². The highest BCUT2D eigenvalue weighted by molar-refractivity contribution is 8.04. The number of fused-ring (bicyclic) bond motifs is 5. The zero-order chi connectivity index (χ0) is 18.7. The van der Waals surface area contributed by atoms with Crippen LogP contribution in [0.5, 0.6) is 5.75 Å². The van der Waals surface area contributed by atoms with E-state index in [-0.39, 0.29) is 22.4 Å². The third kappa shape index (κ3) is 2.18. The lowest BCUT2D eigenvalue weighted by molar-refractivity contribution is -0.131. The molecule has 27 heavy (non-hydrogen) atoms. The van der Waals surface area contributed by atoms with Crippen molar-refractivity contribution in [2.24, 2.45) is 11.7 Å². The summed E-state index contributed by atoms with van der Waals surface area (Å²) >= 11 is 1.08. The Hall–Kier alpha value is -3.06. The second-order valence-corrected chi connectivity index (χ2v) is 7.78. The van der Waals surface area contributed by atoms with E-state index in [1.165, 1.54) is 4.90 Å². The number of ether oxygens (including phenoxy) is 1. The highest BCUT2D eigenvalue weighted by Crippen LogP contribution is 2.54. The number of nitrogens with zero attached hydrogens (tertiary/aromatic N) is 1. The van der Waals surface area contributed by atoms with E-state index in [0.29, 0.717) is 17.0 Å². The molecule has 0 radical (unpaired) electrons. The van der Waals surface area contributed by atoms with Gasteiger partial charge in [0.2, 0.25) is 11.8 Å². The molecule has 0 aliphatic carbocycles. The van der Waals surface area contributed by atoms with Crippen LogP contribution in [0.1, 0.15) is 11.5 Å². The number of carbonyl (C=O) groups excluding carboxylic acids is 3. The molecule has 2 amide bonds. The lowest BCUT2D eigenvalue weighted by Crippen LogP contribution is -2.39. The minimum atomic E-state index is -0.695. The summed E-state index contributed by atoms with van der Waals surface area (Å²) in [6, 6.07) is 15.9. The van der Waals surface area contributed by atoms with Crippen molar-refractivity contribution in [3.63, 3.8) is 0 Å². The predicted octanol–water partition coefficient (Wildman–Crippen LogP) is 2.16. The summed E-state index contributed by atoms with van der Waals surface area (Å²) in [6.07, 6.45) is 0. The van der Waals surface area contributed by atoms with Crippen LogP contribution < -0.4 is 15.4 Å². The first-order valence-electron chi connectivity index (χ1n) is 8.48. The van der Waals surface area contributed by atoms with E-state index in [0.717, 1.165) is 11.8 Å². The van der Waals surface area contributed by atoms with Gasteiger partial charge in [-0.25, -0.2) is 9.69 Å². The Morgan fingerprint density at radius 1 is 0.926 bits per heavy atom. The van der Waals surface area contributed by atoms with Gasteiger partial charge in [-0.3, -0.25) is 9.59 Å². The molecule has 6 nitrogen and oxygen atoms in total. The molecule has 3 atom stereocenters. The molecule has 0 spiro atoms. The number of carbonyl (C=O) groups is 3. The van der Waals surface area contributed by atoms with Gasteiger partial charge in [0.05, 0.1) is 22.2 Å². The van der Waals surface area contributed by atoms with Crippen LogP contribution in [-0.2, 0) is 14.4 Å². The first kappa shape index (κ1) is 16.1. The summed E-state index contributed by atoms with van der Waals surface area (Å²) in [5.41, 5.74) is 7.65. The number of esters is 1. The summed E-state index contributed by atoms with van der Waals surface area (Å²) in [5, 5.41) is -0.415. The van der Waals surface area contributed by atoms with Crippen molar-refractivity contribution in [2.45, 2.75) is 11.2 Å². The fourth-order valence-electron chi connectivity index (χ4n) is 4.04. The van der Waals surface area contributed by atoms with Gasteiger partial charge in [0.1, 0.15) is 11.0 Å². The van der Waals surface area contributed by atoms with Crippen molar-refractivity contribution in [1.29, 1.82) is 0 Å². The minimum Gasteiger partial charge on any atom is -0.423 e. The number of rotatable bonds is 1. The predicted molar refractivity (Wildman–Crippen MR) is 99.8 cm³/mol. The zero-order valence-corrected chi connectivity index (χ0v) is 14.8. The lowest BCUT2D eigenvalue weighted by atomic mass is 9.77. The second-order valence-electron chi connectivity index (χ2n) is 6.59. The number of nitrogens with two attached hydrogens (primary N) is 1. The molecular formula is C20H14N2O4S. The molecule has 5 rings (SSSR count). The Kier molecular flexibility index (Phi) is 3.42. The van der Waals surface area contributed by atoms with Gasteiger partial charge in [0, 0.05) is 11.5 Å². The van der Waals surface area contributed by atoms with Gasteiger partial charge in [0.15, 0.2) is 0 Å². The van der Waals surface area contributed by atoms with Gasteiger partial charge in [-0.1, -0.05) is 48.2 Å². The van der Waals surface area contributed by atoms with Gasteiger partial charge in [-0.15, -0.1) is 0 Å². The molecule has 2 aromatic carbocycles.